The van der Waals surface area contributed by atoms with Crippen LogP contribution in [-0.4, -0.2) is 14.4 Å². The van der Waals surface area contributed by atoms with Gasteiger partial charge in [-0.1, -0.05) is 55.4 Å². The van der Waals surface area contributed by atoms with Crippen molar-refractivity contribution in [2.75, 3.05) is 0 Å². The van der Waals surface area contributed by atoms with Gasteiger partial charge in [-0.05, 0) is 67.7 Å². The van der Waals surface area contributed by atoms with Crippen LogP contribution in [0.15, 0.2) is 0 Å². The predicted octanol–water partition coefficient (Wildman–Crippen LogP) is 7.37. The number of hydrogen-bond acceptors (Lipinski definition) is 1. The van der Waals surface area contributed by atoms with Gasteiger partial charge in [-0.15, -0.1) is 0 Å². The van der Waals surface area contributed by atoms with Crippen molar-refractivity contribution in [2.24, 2.45) is 0 Å². The van der Waals surface area contributed by atoms with E-state index in [1.807, 2.05) is 0 Å². The van der Waals surface area contributed by atoms with E-state index in [-0.39, 0.29) is 6.10 Å². The Kier molecular flexibility index (Phi) is 10.7. The van der Waals surface area contributed by atoms with Crippen LogP contribution in [0.5, 0.6) is 0 Å². The number of rotatable bonds is 4. The van der Waals surface area contributed by atoms with Crippen LogP contribution in [-0.2, 0) is 25.3 Å². The zero-order valence-electron chi connectivity index (χ0n) is 18.7. The molecule has 0 N–H and O–H groups in total. The van der Waals surface area contributed by atoms with Gasteiger partial charge in [0.2, 0.25) is 8.32 Å². The molecule has 10 radical (unpaired) electrons. The molecule has 2 aliphatic carbocycles. The van der Waals surface area contributed by atoms with E-state index in [1.54, 1.807) is 0 Å². The standard InChI is InChI=1S/C22H34OSi.2ClH.Zr/c1-12(2)23-24(11,21-17(7)13(3)14(4)18(21)8)22-19(9)15(5)16(6)20(22)10;;;/h12H,1-11H3;2*1H;/q;;;+4/p-2. The molecule has 0 aliphatic heterocycles. The van der Waals surface area contributed by atoms with E-state index in [0.717, 1.165) is 0 Å². The van der Waals surface area contributed by atoms with Gasteiger partial charge >= 0.3 is 37.9 Å². The van der Waals surface area contributed by atoms with Crippen LogP contribution in [0.25, 0.3) is 0 Å². The van der Waals surface area contributed by atoms with Crippen molar-refractivity contribution in [3.8, 4) is 0 Å². The van der Waals surface area contributed by atoms with E-state index in [2.05, 4.69) is 75.8 Å². The molecule has 0 heterocycles. The van der Waals surface area contributed by atoms with Crippen LogP contribution < -0.4 is 0 Å². The molecule has 2 saturated carbocycles. The van der Waals surface area contributed by atoms with Gasteiger partial charge in [-0.25, -0.2) is 0 Å². The molecule has 0 aromatic carbocycles. The molecule has 0 amide bonds. The Balaban J connectivity index is 0.00000114. The molecule has 148 valence electrons. The molecule has 0 atom stereocenters. The van der Waals surface area contributed by atoms with E-state index >= 15 is 0 Å². The van der Waals surface area contributed by atoms with Gasteiger partial charge < -0.3 is 4.43 Å². The average Bonchev–Trinajstić information content (AvgIpc) is 2.88. The Labute approximate surface area is 189 Å². The Hall–Kier alpha value is 1.64. The second-order valence-corrected chi connectivity index (χ2v) is 15.1. The van der Waals surface area contributed by atoms with Gasteiger partial charge in [0.1, 0.15) is 0 Å². The molecule has 0 aromatic rings. The SMILES string of the molecule is C[C]1[C](C)[C](C)[C]([Si](C)(OC(C)C)[C]2[C](C)[C](C)[C](C)[C]2C)[C]1C.[Cl][Zr+2][Cl]. The Bertz CT molecular complexity index is 404. The van der Waals surface area contributed by atoms with Crippen LogP contribution in [0.3, 0.4) is 0 Å². The fraction of sp³-hybridized carbons (Fsp3) is 0.545. The van der Waals surface area contributed by atoms with E-state index in [1.165, 1.54) is 58.4 Å². The van der Waals surface area contributed by atoms with Crippen LogP contribution in [0.1, 0.15) is 69.2 Å². The third-order valence-electron chi connectivity index (χ3n) is 6.30. The van der Waals surface area contributed by atoms with Crippen molar-refractivity contribution in [3.05, 3.63) is 58.4 Å². The van der Waals surface area contributed by atoms with Crippen LogP contribution in [0, 0.1) is 58.4 Å². The van der Waals surface area contributed by atoms with Crippen molar-refractivity contribution in [3.63, 3.8) is 0 Å². The normalized spacial score (nSPS) is 24.8. The first kappa shape index (κ1) is 26.7. The molecular formula is C22H34Cl2OSiZr+2. The van der Waals surface area contributed by atoms with Crippen molar-refractivity contribution < 1.29 is 25.3 Å². The first-order valence-electron chi connectivity index (χ1n) is 9.47. The average molecular weight is 505 g/mol. The van der Waals surface area contributed by atoms with E-state index < -0.39 is 29.2 Å². The molecule has 0 aromatic heterocycles. The van der Waals surface area contributed by atoms with Gasteiger partial charge in [-0.3, -0.25) is 0 Å². The summed E-state index contributed by atoms with van der Waals surface area (Å²) >= 11 is -0.826. The molecule has 2 rings (SSSR count). The quantitative estimate of drug-likeness (QED) is 0.363. The summed E-state index contributed by atoms with van der Waals surface area (Å²) < 4.78 is 6.81. The van der Waals surface area contributed by atoms with Gasteiger partial charge in [-0.2, -0.15) is 0 Å². The van der Waals surface area contributed by atoms with E-state index in [9.17, 15) is 0 Å². The zero-order chi connectivity index (χ0) is 21.3. The molecule has 2 aliphatic rings. The van der Waals surface area contributed by atoms with Crippen molar-refractivity contribution in [1.29, 1.82) is 0 Å². The van der Waals surface area contributed by atoms with Crippen LogP contribution in [0.2, 0.25) is 6.55 Å². The molecule has 0 unspecified atom stereocenters. The maximum absolute atomic E-state index is 6.81. The summed E-state index contributed by atoms with van der Waals surface area (Å²) in [5.41, 5.74) is 3.00. The maximum atomic E-state index is 6.81. The van der Waals surface area contributed by atoms with Gasteiger partial charge in [0.25, 0.3) is 0 Å². The number of hydrogen-bond donors (Lipinski definition) is 0. The minimum absolute atomic E-state index is 0.227. The van der Waals surface area contributed by atoms with Gasteiger partial charge in [0.15, 0.2) is 0 Å². The molecule has 0 bridgehead atoms. The van der Waals surface area contributed by atoms with Crippen LogP contribution in [0.4, 0.5) is 0 Å². The summed E-state index contributed by atoms with van der Waals surface area (Å²) in [6, 6.07) is 0. The predicted molar refractivity (Wildman–Crippen MR) is 117 cm³/mol. The zero-order valence-corrected chi connectivity index (χ0v) is 23.7. The summed E-state index contributed by atoms with van der Waals surface area (Å²) in [7, 11) is 7.60. The summed E-state index contributed by atoms with van der Waals surface area (Å²) in [5.74, 6) is 11.5. The molecule has 0 saturated heterocycles. The second-order valence-electron chi connectivity index (χ2n) is 8.02. The summed E-state index contributed by atoms with van der Waals surface area (Å²) in [5, 5.41) is 0. The number of halogens is 2. The summed E-state index contributed by atoms with van der Waals surface area (Å²) in [6.07, 6.45) is 0.227. The molecule has 5 heteroatoms. The Morgan fingerprint density at radius 3 is 1.04 bits per heavy atom. The fourth-order valence-corrected chi connectivity index (χ4v) is 9.62. The Morgan fingerprint density at radius 1 is 0.630 bits per heavy atom. The van der Waals surface area contributed by atoms with Crippen LogP contribution >= 0.6 is 17.0 Å². The van der Waals surface area contributed by atoms with E-state index in [4.69, 9.17) is 21.5 Å². The first-order valence-corrected chi connectivity index (χ1v) is 18.2. The summed E-state index contributed by atoms with van der Waals surface area (Å²) in [6.45, 7) is 24.9. The van der Waals surface area contributed by atoms with Crippen molar-refractivity contribution >= 4 is 25.3 Å². The topological polar surface area (TPSA) is 9.23 Å². The van der Waals surface area contributed by atoms with E-state index in [0.29, 0.717) is 0 Å². The van der Waals surface area contributed by atoms with Crippen molar-refractivity contribution in [1.82, 2.24) is 0 Å². The van der Waals surface area contributed by atoms with Gasteiger partial charge in [0, 0.05) is 17.2 Å². The van der Waals surface area contributed by atoms with Crippen molar-refractivity contribution in [2.45, 2.75) is 81.9 Å². The van der Waals surface area contributed by atoms with Gasteiger partial charge in [0.05, 0.1) is 0 Å². The molecule has 2 fully saturated rings. The molecule has 0 spiro atoms. The molecular weight excluding hydrogens is 470 g/mol. The monoisotopic (exact) mass is 502 g/mol. The second kappa shape index (κ2) is 10.8. The third-order valence-corrected chi connectivity index (χ3v) is 10.7. The minimum atomic E-state index is -2.26. The summed E-state index contributed by atoms with van der Waals surface area (Å²) in [4.78, 5) is 0. The Morgan fingerprint density at radius 2 is 0.852 bits per heavy atom. The first-order chi connectivity index (χ1) is 12.4. The molecule has 27 heavy (non-hydrogen) atoms. The third kappa shape index (κ3) is 5.28. The molecule has 1 nitrogen and oxygen atoms in total. The fourth-order valence-electron chi connectivity index (χ4n) is 4.58.